The van der Waals surface area contributed by atoms with Gasteiger partial charge in [-0.25, -0.2) is 8.78 Å². The van der Waals surface area contributed by atoms with E-state index in [0.717, 1.165) is 31.4 Å². The fourth-order valence-electron chi connectivity index (χ4n) is 3.51. The van der Waals surface area contributed by atoms with Gasteiger partial charge in [-0.15, -0.1) is 0 Å². The summed E-state index contributed by atoms with van der Waals surface area (Å²) in [4.78, 5) is 14.2. The molecule has 23 heavy (non-hydrogen) atoms. The molecule has 4 nitrogen and oxygen atoms in total. The van der Waals surface area contributed by atoms with Crippen molar-refractivity contribution in [2.75, 3.05) is 26.3 Å². The third-order valence-electron chi connectivity index (χ3n) is 4.57. The average molecular weight is 325 g/mol. The Morgan fingerprint density at radius 1 is 1.43 bits per heavy atom. The highest BCUT2D eigenvalue weighted by molar-refractivity contribution is 5.94. The molecule has 1 amide bonds. The summed E-state index contributed by atoms with van der Waals surface area (Å²) in [5, 5.41) is 0. The molecule has 3 rings (SSSR count). The summed E-state index contributed by atoms with van der Waals surface area (Å²) < 4.78 is 37.9. The SMILES string of the molecule is CCO[C@H]1CO[C@@]2(CCCN(C(=O)c3ccc(F)c(F)c3)C2)C1. The highest BCUT2D eigenvalue weighted by Gasteiger charge is 2.44. The lowest BCUT2D eigenvalue weighted by molar-refractivity contribution is -0.0462. The Hall–Kier alpha value is -1.53. The van der Waals surface area contributed by atoms with Crippen molar-refractivity contribution >= 4 is 5.91 Å². The maximum Gasteiger partial charge on any atom is 0.254 e. The minimum absolute atomic E-state index is 0.0679. The Morgan fingerprint density at radius 2 is 2.26 bits per heavy atom. The molecule has 2 saturated heterocycles. The Morgan fingerprint density at radius 3 is 3.00 bits per heavy atom. The first-order valence-electron chi connectivity index (χ1n) is 8.03. The van der Waals surface area contributed by atoms with Crippen LogP contribution in [-0.2, 0) is 9.47 Å². The van der Waals surface area contributed by atoms with E-state index in [0.29, 0.717) is 26.3 Å². The molecule has 1 aromatic carbocycles. The lowest BCUT2D eigenvalue weighted by Gasteiger charge is -2.39. The van der Waals surface area contributed by atoms with E-state index < -0.39 is 11.6 Å². The van der Waals surface area contributed by atoms with Gasteiger partial charge in [-0.2, -0.15) is 0 Å². The molecule has 0 aliphatic carbocycles. The highest BCUT2D eigenvalue weighted by atomic mass is 19.2. The van der Waals surface area contributed by atoms with Crippen LogP contribution in [0.2, 0.25) is 0 Å². The minimum Gasteiger partial charge on any atom is -0.376 e. The number of ether oxygens (including phenoxy) is 2. The Kier molecular flexibility index (Phi) is 4.64. The van der Waals surface area contributed by atoms with E-state index in [9.17, 15) is 13.6 Å². The lowest BCUT2D eigenvalue weighted by Crippen LogP contribution is -2.50. The molecule has 0 N–H and O–H groups in total. The number of likely N-dealkylation sites (tertiary alicyclic amines) is 1. The molecule has 2 atom stereocenters. The molecule has 0 bridgehead atoms. The van der Waals surface area contributed by atoms with E-state index in [1.54, 1.807) is 4.90 Å². The van der Waals surface area contributed by atoms with Crippen LogP contribution in [0.4, 0.5) is 8.78 Å². The number of hydrogen-bond acceptors (Lipinski definition) is 3. The van der Waals surface area contributed by atoms with Crippen molar-refractivity contribution in [3.05, 3.63) is 35.4 Å². The Labute approximate surface area is 134 Å². The maximum atomic E-state index is 13.4. The van der Waals surface area contributed by atoms with Crippen LogP contribution < -0.4 is 0 Å². The van der Waals surface area contributed by atoms with Gasteiger partial charge in [0.15, 0.2) is 11.6 Å². The van der Waals surface area contributed by atoms with Crippen molar-refractivity contribution in [2.24, 2.45) is 0 Å². The van der Waals surface area contributed by atoms with Gasteiger partial charge in [0.1, 0.15) is 0 Å². The quantitative estimate of drug-likeness (QED) is 0.858. The summed E-state index contributed by atoms with van der Waals surface area (Å²) in [5.74, 6) is -2.24. The predicted octanol–water partition coefficient (Wildman–Crippen LogP) is 2.77. The first-order chi connectivity index (χ1) is 11.0. The van der Waals surface area contributed by atoms with Crippen LogP contribution in [0.1, 0.15) is 36.5 Å². The summed E-state index contributed by atoms with van der Waals surface area (Å²) in [6.45, 7) is 4.20. The smallest absolute Gasteiger partial charge is 0.254 e. The third kappa shape index (κ3) is 3.38. The predicted molar refractivity (Wildman–Crippen MR) is 80.2 cm³/mol. The van der Waals surface area contributed by atoms with E-state index in [2.05, 4.69) is 0 Å². The number of rotatable bonds is 3. The molecule has 0 saturated carbocycles. The van der Waals surface area contributed by atoms with Crippen LogP contribution in [0.15, 0.2) is 18.2 Å². The number of piperidine rings is 1. The van der Waals surface area contributed by atoms with Crippen molar-refractivity contribution in [1.29, 1.82) is 0 Å². The zero-order chi connectivity index (χ0) is 16.4. The van der Waals surface area contributed by atoms with Gasteiger partial charge in [-0.05, 0) is 38.0 Å². The van der Waals surface area contributed by atoms with Crippen LogP contribution in [0, 0.1) is 11.6 Å². The monoisotopic (exact) mass is 325 g/mol. The molecule has 1 aromatic rings. The molecule has 2 aliphatic rings. The van der Waals surface area contributed by atoms with Gasteiger partial charge in [-0.1, -0.05) is 0 Å². The number of hydrogen-bond donors (Lipinski definition) is 0. The van der Waals surface area contributed by atoms with Gasteiger partial charge in [0.2, 0.25) is 0 Å². The van der Waals surface area contributed by atoms with E-state index in [1.807, 2.05) is 6.92 Å². The first-order valence-corrected chi connectivity index (χ1v) is 8.03. The zero-order valence-electron chi connectivity index (χ0n) is 13.2. The van der Waals surface area contributed by atoms with Gasteiger partial charge in [0, 0.05) is 25.1 Å². The molecule has 2 fully saturated rings. The topological polar surface area (TPSA) is 38.8 Å². The van der Waals surface area contributed by atoms with Crippen LogP contribution >= 0.6 is 0 Å². The molecule has 0 radical (unpaired) electrons. The van der Waals surface area contributed by atoms with Gasteiger partial charge >= 0.3 is 0 Å². The second-order valence-electron chi connectivity index (χ2n) is 6.23. The van der Waals surface area contributed by atoms with E-state index >= 15 is 0 Å². The van der Waals surface area contributed by atoms with Crippen LogP contribution in [0.25, 0.3) is 0 Å². The van der Waals surface area contributed by atoms with Crippen molar-refractivity contribution in [3.63, 3.8) is 0 Å². The molecular formula is C17H21F2NO3. The second-order valence-corrected chi connectivity index (χ2v) is 6.23. The van der Waals surface area contributed by atoms with E-state index in [4.69, 9.17) is 9.47 Å². The summed E-state index contributed by atoms with van der Waals surface area (Å²) in [6, 6.07) is 3.26. The molecule has 126 valence electrons. The number of benzene rings is 1. The normalized spacial score (nSPS) is 27.6. The van der Waals surface area contributed by atoms with Gasteiger partial charge in [-0.3, -0.25) is 4.79 Å². The molecule has 0 unspecified atom stereocenters. The maximum absolute atomic E-state index is 13.4. The summed E-state index contributed by atoms with van der Waals surface area (Å²) in [6.07, 6.45) is 2.55. The van der Waals surface area contributed by atoms with Gasteiger partial charge in [0.05, 0.1) is 24.9 Å². The Balaban J connectivity index is 1.71. The van der Waals surface area contributed by atoms with Crippen molar-refractivity contribution < 1.29 is 23.0 Å². The zero-order valence-corrected chi connectivity index (χ0v) is 13.2. The largest absolute Gasteiger partial charge is 0.376 e. The number of carbonyl (C=O) groups excluding carboxylic acids is 1. The molecule has 0 aromatic heterocycles. The molecule has 6 heteroatoms. The van der Waals surface area contributed by atoms with E-state index in [-0.39, 0.29) is 23.2 Å². The standard InChI is InChI=1S/C17H21F2NO3/c1-2-22-13-9-17(23-10-13)6-3-7-20(11-17)16(21)12-4-5-14(18)15(19)8-12/h4-5,8,13H,2-3,6-7,9-11H2,1H3/t13-,17+/m1/s1. The first kappa shape index (κ1) is 16.3. The fraction of sp³-hybridized carbons (Fsp3) is 0.588. The summed E-state index contributed by atoms with van der Waals surface area (Å²) in [5.41, 5.74) is -0.202. The van der Waals surface area contributed by atoms with Gasteiger partial charge < -0.3 is 14.4 Å². The van der Waals surface area contributed by atoms with Crippen molar-refractivity contribution in [2.45, 2.75) is 37.9 Å². The van der Waals surface area contributed by atoms with Crippen LogP contribution in [0.5, 0.6) is 0 Å². The molecular weight excluding hydrogens is 304 g/mol. The summed E-state index contributed by atoms with van der Waals surface area (Å²) >= 11 is 0. The average Bonchev–Trinajstić information content (AvgIpc) is 2.92. The molecule has 2 heterocycles. The number of halogens is 2. The molecule has 1 spiro atoms. The number of carbonyl (C=O) groups is 1. The Bertz CT molecular complexity index is 595. The van der Waals surface area contributed by atoms with Crippen LogP contribution in [0.3, 0.4) is 0 Å². The number of amides is 1. The number of nitrogens with zero attached hydrogens (tertiary/aromatic N) is 1. The fourth-order valence-corrected chi connectivity index (χ4v) is 3.51. The molecule has 2 aliphatic heterocycles. The van der Waals surface area contributed by atoms with Crippen molar-refractivity contribution in [1.82, 2.24) is 4.90 Å². The van der Waals surface area contributed by atoms with Crippen LogP contribution in [-0.4, -0.2) is 48.8 Å². The van der Waals surface area contributed by atoms with Crippen molar-refractivity contribution in [3.8, 4) is 0 Å². The highest BCUT2D eigenvalue weighted by Crippen LogP contribution is 2.36. The minimum atomic E-state index is -1.00. The third-order valence-corrected chi connectivity index (χ3v) is 4.57. The second kappa shape index (κ2) is 6.53. The summed E-state index contributed by atoms with van der Waals surface area (Å²) in [7, 11) is 0. The van der Waals surface area contributed by atoms with Gasteiger partial charge in [0.25, 0.3) is 5.91 Å². The lowest BCUT2D eigenvalue weighted by atomic mass is 9.89. The van der Waals surface area contributed by atoms with E-state index in [1.165, 1.54) is 6.07 Å².